The predicted molar refractivity (Wildman–Crippen MR) is 193 cm³/mol. The van der Waals surface area contributed by atoms with Crippen LogP contribution in [0.2, 0.25) is 0 Å². The fourth-order valence-corrected chi connectivity index (χ4v) is 8.10. The third kappa shape index (κ3) is 9.65. The average Bonchev–Trinajstić information content (AvgIpc) is 2.87. The van der Waals surface area contributed by atoms with E-state index in [9.17, 15) is 5.11 Å². The van der Waals surface area contributed by atoms with Crippen LogP contribution < -0.4 is 9.05 Å². The monoisotopic (exact) mass is 664 g/mol. The van der Waals surface area contributed by atoms with Gasteiger partial charge in [-0.05, 0) is 0 Å². The summed E-state index contributed by atoms with van der Waals surface area (Å²) < 4.78 is 32.5. The molecule has 2 aromatic rings. The van der Waals surface area contributed by atoms with E-state index in [2.05, 4.69) is 135 Å². The molecule has 0 aliphatic carbocycles. The molecule has 1 N–H and O–H groups in total. The molecular formula is C37H62O6P2. The Morgan fingerprint density at radius 3 is 1.38 bits per heavy atom. The van der Waals surface area contributed by atoms with Gasteiger partial charge in [0.05, 0.1) is 0 Å². The number of benzene rings is 2. The molecule has 3 rings (SSSR count). The Bertz CT molecular complexity index is 1260. The van der Waals surface area contributed by atoms with Crippen molar-refractivity contribution in [1.82, 2.24) is 0 Å². The van der Waals surface area contributed by atoms with E-state index >= 15 is 0 Å². The molecule has 0 unspecified atom stereocenters. The molecule has 0 saturated carbocycles. The summed E-state index contributed by atoms with van der Waals surface area (Å²) in [5.41, 5.74) is 5.90. The molecule has 0 atom stereocenters. The van der Waals surface area contributed by atoms with Crippen molar-refractivity contribution in [2.24, 2.45) is 5.41 Å². The van der Waals surface area contributed by atoms with Crippen molar-refractivity contribution >= 4 is 16.3 Å². The first kappa shape index (κ1) is 38.2. The van der Waals surface area contributed by atoms with Crippen LogP contribution in [0.15, 0.2) is 24.3 Å². The van der Waals surface area contributed by atoms with Crippen molar-refractivity contribution in [2.75, 3.05) is 39.8 Å². The van der Waals surface area contributed by atoms with Gasteiger partial charge >= 0.3 is 277 Å². The second-order valence-electron chi connectivity index (χ2n) is 17.7. The molecule has 0 bridgehead atoms. The third-order valence-electron chi connectivity index (χ3n) is 8.23. The maximum atomic E-state index is 10.6. The normalized spacial score (nSPS) is 20.7. The van der Waals surface area contributed by atoms with Gasteiger partial charge in [-0.3, -0.25) is 0 Å². The van der Waals surface area contributed by atoms with E-state index in [0.717, 1.165) is 22.6 Å². The molecule has 1 aliphatic heterocycles. The fourth-order valence-electron chi connectivity index (χ4n) is 5.39. The van der Waals surface area contributed by atoms with E-state index in [0.29, 0.717) is 0 Å². The van der Waals surface area contributed by atoms with E-state index in [1.807, 2.05) is 0 Å². The Morgan fingerprint density at radius 1 is 0.689 bits per heavy atom. The molecule has 0 spiro atoms. The first-order chi connectivity index (χ1) is 20.3. The van der Waals surface area contributed by atoms with Gasteiger partial charge in [0.2, 0.25) is 0 Å². The van der Waals surface area contributed by atoms with Crippen LogP contribution in [0.3, 0.4) is 0 Å². The van der Waals surface area contributed by atoms with Gasteiger partial charge in [-0.2, -0.15) is 0 Å². The first-order valence-electron chi connectivity index (χ1n) is 16.3. The molecule has 256 valence electrons. The second-order valence-corrected chi connectivity index (χ2v) is 22.1. The summed E-state index contributed by atoms with van der Waals surface area (Å²) in [7, 11) is -4.37. The van der Waals surface area contributed by atoms with E-state index in [1.54, 1.807) is 0 Å². The van der Waals surface area contributed by atoms with Crippen LogP contribution in [0.1, 0.15) is 116 Å². The van der Waals surface area contributed by atoms with E-state index < -0.39 is 21.7 Å². The molecule has 6 nitrogen and oxygen atoms in total. The molecule has 2 aromatic carbocycles. The van der Waals surface area contributed by atoms with Gasteiger partial charge in [0, 0.05) is 0 Å². The molecule has 0 aromatic heterocycles. The molecule has 0 radical (unpaired) electrons. The van der Waals surface area contributed by atoms with Crippen LogP contribution in [0.25, 0.3) is 0 Å². The molecular weight excluding hydrogens is 602 g/mol. The Balaban J connectivity index is 1.81. The van der Waals surface area contributed by atoms with Crippen molar-refractivity contribution in [2.45, 2.75) is 119 Å². The molecule has 1 fully saturated rings. The summed E-state index contributed by atoms with van der Waals surface area (Å²) in [4.78, 5) is 0. The van der Waals surface area contributed by atoms with Crippen LogP contribution in [0.4, 0.5) is 0 Å². The molecule has 1 aliphatic rings. The van der Waals surface area contributed by atoms with Crippen molar-refractivity contribution in [3.05, 3.63) is 57.6 Å². The second kappa shape index (κ2) is 13.3. The summed E-state index contributed by atoms with van der Waals surface area (Å²) in [6.45, 7) is 35.6. The van der Waals surface area contributed by atoms with Crippen LogP contribution >= 0.6 is 16.3 Å². The van der Waals surface area contributed by atoms with Crippen molar-refractivity contribution in [1.29, 1.82) is 0 Å². The van der Waals surface area contributed by atoms with Crippen molar-refractivity contribution < 1.29 is 27.7 Å². The van der Waals surface area contributed by atoms with Crippen LogP contribution in [0, 0.1) is 19.3 Å². The zero-order chi connectivity index (χ0) is 34.4. The van der Waals surface area contributed by atoms with Gasteiger partial charge in [0.15, 0.2) is 0 Å². The fraction of sp³-hybridized carbons (Fsp3) is 0.676. The Kier molecular flexibility index (Phi) is 11.3. The van der Waals surface area contributed by atoms with E-state index in [4.69, 9.17) is 22.6 Å². The summed E-state index contributed by atoms with van der Waals surface area (Å²) in [6.07, 6.45) is 0. The minimum absolute atomic E-state index is 0.0997. The summed E-state index contributed by atoms with van der Waals surface area (Å²) in [5, 5.41) is 10.6. The molecule has 45 heavy (non-hydrogen) atoms. The third-order valence-corrected chi connectivity index (χ3v) is 10.8. The number of hydrogen-bond acceptors (Lipinski definition) is 6. The topological polar surface area (TPSA) is 66.4 Å². The summed E-state index contributed by atoms with van der Waals surface area (Å²) >= 11 is 0. The molecule has 8 heteroatoms. The Morgan fingerprint density at radius 2 is 1.04 bits per heavy atom. The maximum absolute atomic E-state index is 10.6. The van der Waals surface area contributed by atoms with Gasteiger partial charge in [0.1, 0.15) is 0 Å². The zero-order valence-electron chi connectivity index (χ0n) is 31.1. The quantitative estimate of drug-likeness (QED) is 0.284. The molecule has 0 amide bonds. The van der Waals surface area contributed by atoms with Crippen LogP contribution in [-0.2, 0) is 35.2 Å². The minimum atomic E-state index is -2.72. The molecule has 1 heterocycles. The van der Waals surface area contributed by atoms with Crippen molar-refractivity contribution in [3.8, 4) is 11.5 Å². The predicted octanol–water partition coefficient (Wildman–Crippen LogP) is 10.1. The number of hydrogen-bond donors (Lipinski definition) is 1. The SMILES string of the molecule is Cc1cc(C(C)(C)C)c(OP2OCC(CO)(CO[PH](C)(C)Oc3c(C(C)(C)C)cc(C)cc3C(C)(C)C)CO2)c(C(C)(C)C)c1. The number of aliphatic hydroxyl groups excluding tert-OH is 1. The zero-order valence-corrected chi connectivity index (χ0v) is 33.0. The van der Waals surface area contributed by atoms with E-state index in [1.165, 1.54) is 22.3 Å². The van der Waals surface area contributed by atoms with Gasteiger partial charge in [-0.15, -0.1) is 0 Å². The summed E-state index contributed by atoms with van der Waals surface area (Å²) in [5.74, 6) is 1.76. The standard InChI is InChI=1S/C37H62O6P2/c1-25-17-27(33(3,4)5)31(28(18-25)34(6,7)8)42-44-39-22-37(21-38,23-40-44)24-41-45(15,16)43-32-29(35(9,10)11)19-26(2)20-30(32)36(12,13)14/h17-20,38,45H,21-24H2,1-16H3. The van der Waals surface area contributed by atoms with Crippen LogP contribution in [0.5, 0.6) is 11.5 Å². The number of aryl methyl sites for hydroxylation is 2. The molecule has 1 saturated heterocycles. The van der Waals surface area contributed by atoms with Crippen molar-refractivity contribution in [3.63, 3.8) is 0 Å². The Labute approximate surface area is 276 Å². The van der Waals surface area contributed by atoms with Gasteiger partial charge in [-0.1, -0.05) is 0 Å². The van der Waals surface area contributed by atoms with Gasteiger partial charge in [-0.25, -0.2) is 0 Å². The van der Waals surface area contributed by atoms with Gasteiger partial charge < -0.3 is 0 Å². The average molecular weight is 665 g/mol. The first-order valence-corrected chi connectivity index (χ1v) is 20.2. The Hall–Kier alpha value is -1.26. The number of rotatable bonds is 8. The summed E-state index contributed by atoms with van der Waals surface area (Å²) in [6, 6.07) is 8.87. The number of aliphatic hydroxyl groups is 1. The van der Waals surface area contributed by atoms with E-state index in [-0.39, 0.29) is 48.1 Å². The van der Waals surface area contributed by atoms with Gasteiger partial charge in [0.25, 0.3) is 0 Å². The van der Waals surface area contributed by atoms with Crippen LogP contribution in [-0.4, -0.2) is 44.9 Å².